The van der Waals surface area contributed by atoms with Gasteiger partial charge in [-0.25, -0.2) is 4.98 Å². The van der Waals surface area contributed by atoms with Crippen LogP contribution in [0.15, 0.2) is 41.3 Å². The number of ether oxygens (including phenoxy) is 2. The first-order valence-electron chi connectivity index (χ1n) is 8.97. The highest BCUT2D eigenvalue weighted by Crippen LogP contribution is 2.28. The molecule has 7 nitrogen and oxygen atoms in total. The van der Waals surface area contributed by atoms with Crippen molar-refractivity contribution in [2.24, 2.45) is 0 Å². The average molecular weight is 368 g/mol. The van der Waals surface area contributed by atoms with Crippen molar-refractivity contribution in [2.75, 3.05) is 26.1 Å². The van der Waals surface area contributed by atoms with Crippen LogP contribution in [0.5, 0.6) is 11.5 Å². The maximum atomic E-state index is 12.5. The predicted molar refractivity (Wildman–Crippen MR) is 106 cm³/mol. The molecule has 0 amide bonds. The molecule has 0 aliphatic heterocycles. The van der Waals surface area contributed by atoms with Gasteiger partial charge in [-0.2, -0.15) is 4.98 Å². The molecule has 0 radical (unpaired) electrons. The highest BCUT2D eigenvalue weighted by Gasteiger charge is 2.10. The van der Waals surface area contributed by atoms with E-state index in [2.05, 4.69) is 22.2 Å². The molecule has 0 bridgehead atoms. The molecule has 0 saturated carbocycles. The number of fused-ring (bicyclic) bond motifs is 1. The third-order valence-corrected chi connectivity index (χ3v) is 4.33. The van der Waals surface area contributed by atoms with Gasteiger partial charge in [-0.05, 0) is 30.2 Å². The zero-order valence-electron chi connectivity index (χ0n) is 15.9. The number of methoxy groups -OCH3 is 2. The molecule has 0 unspecified atom stereocenters. The Kier molecular flexibility index (Phi) is 5.90. The van der Waals surface area contributed by atoms with Gasteiger partial charge in [-0.3, -0.25) is 9.36 Å². The number of anilines is 1. The van der Waals surface area contributed by atoms with Crippen LogP contribution in [-0.4, -0.2) is 35.3 Å². The van der Waals surface area contributed by atoms with Gasteiger partial charge in [0, 0.05) is 24.2 Å². The van der Waals surface area contributed by atoms with Crippen LogP contribution in [0, 0.1) is 0 Å². The van der Waals surface area contributed by atoms with Gasteiger partial charge in [-0.15, -0.1) is 0 Å². The van der Waals surface area contributed by atoms with E-state index < -0.39 is 0 Å². The normalized spacial score (nSPS) is 10.8. The molecular weight excluding hydrogens is 344 g/mol. The van der Waals surface area contributed by atoms with Gasteiger partial charge in [0.25, 0.3) is 5.56 Å². The first-order chi connectivity index (χ1) is 13.2. The van der Waals surface area contributed by atoms with Crippen molar-refractivity contribution in [1.82, 2.24) is 14.5 Å². The molecular formula is C20H24N4O3. The van der Waals surface area contributed by atoms with Gasteiger partial charge in [0.2, 0.25) is 5.95 Å². The molecule has 1 aromatic carbocycles. The Labute approximate surface area is 158 Å². The Morgan fingerprint density at radius 2 is 1.93 bits per heavy atom. The maximum Gasteiger partial charge on any atom is 0.252 e. The molecule has 0 fully saturated rings. The summed E-state index contributed by atoms with van der Waals surface area (Å²) in [6.45, 7) is 3.31. The number of nitrogens with one attached hydrogen (secondary N) is 1. The van der Waals surface area contributed by atoms with E-state index in [1.807, 2.05) is 18.2 Å². The summed E-state index contributed by atoms with van der Waals surface area (Å²) in [7, 11) is 3.18. The SMILES string of the molecule is CCCCNc1ncc2ccc(=O)n(Cc3ccc(OC)c(OC)c3)c2n1. The number of aromatic nitrogens is 3. The largest absolute Gasteiger partial charge is 0.493 e. The highest BCUT2D eigenvalue weighted by atomic mass is 16.5. The quantitative estimate of drug-likeness (QED) is 0.616. The maximum absolute atomic E-state index is 12.5. The third kappa shape index (κ3) is 4.19. The number of rotatable bonds is 8. The summed E-state index contributed by atoms with van der Waals surface area (Å²) in [6, 6.07) is 8.90. The van der Waals surface area contributed by atoms with Gasteiger partial charge in [0.15, 0.2) is 11.5 Å². The van der Waals surface area contributed by atoms with Crippen LogP contribution in [0.2, 0.25) is 0 Å². The minimum absolute atomic E-state index is 0.115. The van der Waals surface area contributed by atoms with Crippen molar-refractivity contribution in [2.45, 2.75) is 26.3 Å². The van der Waals surface area contributed by atoms with Crippen LogP contribution in [0.4, 0.5) is 5.95 Å². The van der Waals surface area contributed by atoms with Crippen LogP contribution in [0.1, 0.15) is 25.3 Å². The second-order valence-corrected chi connectivity index (χ2v) is 6.20. The van der Waals surface area contributed by atoms with E-state index in [1.165, 1.54) is 6.07 Å². The number of benzene rings is 1. The number of pyridine rings is 1. The van der Waals surface area contributed by atoms with Crippen LogP contribution in [0.25, 0.3) is 11.0 Å². The van der Waals surface area contributed by atoms with Gasteiger partial charge in [-0.1, -0.05) is 19.4 Å². The summed E-state index contributed by atoms with van der Waals surface area (Å²) < 4.78 is 12.3. The molecule has 0 spiro atoms. The lowest BCUT2D eigenvalue weighted by molar-refractivity contribution is 0.354. The molecule has 1 N–H and O–H groups in total. The van der Waals surface area contributed by atoms with E-state index in [-0.39, 0.29) is 5.56 Å². The highest BCUT2D eigenvalue weighted by molar-refractivity contribution is 5.75. The lowest BCUT2D eigenvalue weighted by atomic mass is 10.2. The van der Waals surface area contributed by atoms with E-state index in [0.717, 1.165) is 30.3 Å². The fourth-order valence-electron chi connectivity index (χ4n) is 2.85. The Bertz CT molecular complexity index is 985. The molecule has 2 aromatic heterocycles. The summed E-state index contributed by atoms with van der Waals surface area (Å²) >= 11 is 0. The molecule has 3 aromatic rings. The summed E-state index contributed by atoms with van der Waals surface area (Å²) in [4.78, 5) is 21.4. The zero-order valence-corrected chi connectivity index (χ0v) is 15.9. The lowest BCUT2D eigenvalue weighted by Gasteiger charge is -2.13. The van der Waals surface area contributed by atoms with Crippen molar-refractivity contribution in [3.05, 3.63) is 52.4 Å². The second kappa shape index (κ2) is 8.53. The molecule has 0 atom stereocenters. The van der Waals surface area contributed by atoms with Gasteiger partial charge in [0.1, 0.15) is 5.65 Å². The van der Waals surface area contributed by atoms with Crippen molar-refractivity contribution >= 4 is 17.0 Å². The Balaban J connectivity index is 1.98. The molecule has 142 valence electrons. The second-order valence-electron chi connectivity index (χ2n) is 6.20. The lowest BCUT2D eigenvalue weighted by Crippen LogP contribution is -2.21. The van der Waals surface area contributed by atoms with Gasteiger partial charge < -0.3 is 14.8 Å². The van der Waals surface area contributed by atoms with Crippen LogP contribution >= 0.6 is 0 Å². The van der Waals surface area contributed by atoms with E-state index in [0.29, 0.717) is 29.6 Å². The van der Waals surface area contributed by atoms with Crippen molar-refractivity contribution < 1.29 is 9.47 Å². The molecule has 27 heavy (non-hydrogen) atoms. The molecule has 7 heteroatoms. The minimum Gasteiger partial charge on any atom is -0.493 e. The molecule has 0 aliphatic carbocycles. The van der Waals surface area contributed by atoms with Crippen LogP contribution in [0.3, 0.4) is 0 Å². The fourth-order valence-corrected chi connectivity index (χ4v) is 2.85. The number of unbranched alkanes of at least 4 members (excludes halogenated alkanes) is 1. The molecule has 3 rings (SSSR count). The fraction of sp³-hybridized carbons (Fsp3) is 0.350. The van der Waals surface area contributed by atoms with E-state index in [1.54, 1.807) is 31.0 Å². The smallest absolute Gasteiger partial charge is 0.252 e. The predicted octanol–water partition coefficient (Wildman–Crippen LogP) is 3.07. The summed E-state index contributed by atoms with van der Waals surface area (Å²) in [5.41, 5.74) is 1.41. The van der Waals surface area contributed by atoms with E-state index in [9.17, 15) is 4.79 Å². The van der Waals surface area contributed by atoms with Crippen molar-refractivity contribution in [3.63, 3.8) is 0 Å². The van der Waals surface area contributed by atoms with E-state index >= 15 is 0 Å². The van der Waals surface area contributed by atoms with Crippen LogP contribution in [-0.2, 0) is 6.54 Å². The Morgan fingerprint density at radius 1 is 1.11 bits per heavy atom. The van der Waals surface area contributed by atoms with Crippen LogP contribution < -0.4 is 20.3 Å². The molecule has 2 heterocycles. The van der Waals surface area contributed by atoms with Gasteiger partial charge >= 0.3 is 0 Å². The number of hydrogen-bond acceptors (Lipinski definition) is 6. The first kappa shape index (κ1) is 18.7. The monoisotopic (exact) mass is 368 g/mol. The van der Waals surface area contributed by atoms with Crippen molar-refractivity contribution in [1.29, 1.82) is 0 Å². The Morgan fingerprint density at radius 3 is 2.67 bits per heavy atom. The summed E-state index contributed by atoms with van der Waals surface area (Å²) in [5, 5.41) is 4.02. The minimum atomic E-state index is -0.115. The third-order valence-electron chi connectivity index (χ3n) is 4.33. The average Bonchev–Trinajstić information content (AvgIpc) is 2.70. The first-order valence-corrected chi connectivity index (χ1v) is 8.97. The molecule has 0 saturated heterocycles. The Hall–Kier alpha value is -3.09. The van der Waals surface area contributed by atoms with Gasteiger partial charge in [0.05, 0.1) is 20.8 Å². The van der Waals surface area contributed by atoms with Crippen molar-refractivity contribution in [3.8, 4) is 11.5 Å². The topological polar surface area (TPSA) is 78.3 Å². The number of hydrogen-bond donors (Lipinski definition) is 1. The standard InChI is InChI=1S/C20H24N4O3/c1-4-5-10-21-20-22-12-15-7-9-18(25)24(19(15)23-20)13-14-6-8-16(26-2)17(11-14)27-3/h6-9,11-12H,4-5,10,13H2,1-3H3,(H,21,22,23). The summed E-state index contributed by atoms with van der Waals surface area (Å²) in [5.74, 6) is 1.80. The molecule has 0 aliphatic rings. The number of nitrogens with zero attached hydrogens (tertiary/aromatic N) is 3. The zero-order chi connectivity index (χ0) is 19.2. The van der Waals surface area contributed by atoms with E-state index in [4.69, 9.17) is 9.47 Å². The summed E-state index contributed by atoms with van der Waals surface area (Å²) in [6.07, 6.45) is 3.86.